The molecular formula is C12H16N2O4S. The van der Waals surface area contributed by atoms with Crippen molar-refractivity contribution >= 4 is 26.6 Å². The molecule has 6 nitrogen and oxygen atoms in total. The number of hydrogen-bond acceptors (Lipinski definition) is 5. The summed E-state index contributed by atoms with van der Waals surface area (Å²) in [5, 5.41) is -0.461. The molecule has 0 aliphatic rings. The molecule has 0 saturated carbocycles. The van der Waals surface area contributed by atoms with Crippen molar-refractivity contribution in [3.8, 4) is 0 Å². The number of fused-ring (bicyclic) bond motifs is 1. The minimum absolute atomic E-state index is 0.0796. The second-order valence-electron chi connectivity index (χ2n) is 4.66. The molecule has 0 fully saturated rings. The Morgan fingerprint density at radius 3 is 2.68 bits per heavy atom. The molecular weight excluding hydrogens is 268 g/mol. The maximum absolute atomic E-state index is 11.8. The second-order valence-corrected chi connectivity index (χ2v) is 7.34. The minimum atomic E-state index is -3.19. The first-order chi connectivity index (χ1) is 8.81. The van der Waals surface area contributed by atoms with Crippen LogP contribution in [0.1, 0.15) is 13.8 Å². The summed E-state index contributed by atoms with van der Waals surface area (Å²) in [7, 11) is -3.19. The van der Waals surface area contributed by atoms with E-state index in [1.54, 1.807) is 32.0 Å². The molecule has 0 aliphatic carbocycles. The van der Waals surface area contributed by atoms with Crippen LogP contribution >= 0.6 is 0 Å². The van der Waals surface area contributed by atoms with E-state index in [0.717, 1.165) is 0 Å². The Morgan fingerprint density at radius 1 is 1.37 bits per heavy atom. The smallest absolute Gasteiger partial charge is 0.408 e. The maximum Gasteiger partial charge on any atom is 0.419 e. The molecule has 0 radical (unpaired) electrons. The van der Waals surface area contributed by atoms with Crippen LogP contribution in [0.5, 0.6) is 0 Å². The van der Waals surface area contributed by atoms with Gasteiger partial charge in [0.1, 0.15) is 0 Å². The van der Waals surface area contributed by atoms with E-state index in [0.29, 0.717) is 16.8 Å². The van der Waals surface area contributed by atoms with Gasteiger partial charge < -0.3 is 10.2 Å². The summed E-state index contributed by atoms with van der Waals surface area (Å²) in [4.78, 5) is 11.7. The first kappa shape index (κ1) is 13.7. The first-order valence-electron chi connectivity index (χ1n) is 5.91. The Balaban J connectivity index is 2.36. The summed E-state index contributed by atoms with van der Waals surface area (Å²) in [5.74, 6) is -0.664. The fourth-order valence-corrected chi connectivity index (χ4v) is 2.66. The molecule has 0 atom stereocenters. The van der Waals surface area contributed by atoms with Gasteiger partial charge in [0, 0.05) is 18.3 Å². The van der Waals surface area contributed by atoms with Crippen molar-refractivity contribution < 1.29 is 12.8 Å². The van der Waals surface area contributed by atoms with Crippen LogP contribution < -0.4 is 11.5 Å². The van der Waals surface area contributed by atoms with Crippen molar-refractivity contribution in [3.63, 3.8) is 0 Å². The summed E-state index contributed by atoms with van der Waals surface area (Å²) in [6, 6.07) is 4.84. The van der Waals surface area contributed by atoms with Gasteiger partial charge in [-0.3, -0.25) is 4.57 Å². The number of aromatic nitrogens is 1. The minimum Gasteiger partial charge on any atom is -0.408 e. The summed E-state index contributed by atoms with van der Waals surface area (Å²) in [6.45, 7) is 3.31. The van der Waals surface area contributed by atoms with Gasteiger partial charge in [0.15, 0.2) is 15.4 Å². The molecule has 2 N–H and O–H groups in total. The van der Waals surface area contributed by atoms with Crippen LogP contribution in [-0.4, -0.2) is 24.0 Å². The Labute approximate surface area is 110 Å². The lowest BCUT2D eigenvalue weighted by atomic mass is 10.3. The molecule has 1 heterocycles. The van der Waals surface area contributed by atoms with Crippen LogP contribution in [0, 0.1) is 0 Å². The number of rotatable bonds is 4. The lowest BCUT2D eigenvalue weighted by Crippen LogP contribution is -2.24. The van der Waals surface area contributed by atoms with E-state index in [9.17, 15) is 13.2 Å². The highest BCUT2D eigenvalue weighted by atomic mass is 32.2. The zero-order chi connectivity index (χ0) is 14.2. The summed E-state index contributed by atoms with van der Waals surface area (Å²) in [6.07, 6.45) is 0. The molecule has 0 unspecified atom stereocenters. The van der Waals surface area contributed by atoms with E-state index in [-0.39, 0.29) is 12.3 Å². The fraction of sp³-hybridized carbons (Fsp3) is 0.417. The summed E-state index contributed by atoms with van der Waals surface area (Å²) in [5.41, 5.74) is 7.01. The van der Waals surface area contributed by atoms with E-state index >= 15 is 0 Å². The SMILES string of the molecule is CC(C)S(=O)(=O)CCn1c(=O)oc2cc(N)ccc21. The maximum atomic E-state index is 11.8. The molecule has 104 valence electrons. The standard InChI is InChI=1S/C12H16N2O4S/c1-8(2)19(16,17)6-5-14-10-4-3-9(13)7-11(10)18-12(14)15/h3-4,7-8H,5-6,13H2,1-2H3. The van der Waals surface area contributed by atoms with Crippen molar-refractivity contribution in [2.24, 2.45) is 0 Å². The highest BCUT2D eigenvalue weighted by molar-refractivity contribution is 7.91. The topological polar surface area (TPSA) is 95.3 Å². The van der Waals surface area contributed by atoms with Crippen LogP contribution in [0.3, 0.4) is 0 Å². The third kappa shape index (κ3) is 2.65. The number of nitrogen functional groups attached to an aromatic ring is 1. The van der Waals surface area contributed by atoms with Crippen molar-refractivity contribution in [2.75, 3.05) is 11.5 Å². The van der Waals surface area contributed by atoms with Crippen LogP contribution in [0.15, 0.2) is 27.4 Å². The van der Waals surface area contributed by atoms with Crippen molar-refractivity contribution in [3.05, 3.63) is 28.7 Å². The van der Waals surface area contributed by atoms with Crippen molar-refractivity contribution in [1.29, 1.82) is 0 Å². The fourth-order valence-electron chi connectivity index (χ4n) is 1.75. The number of benzene rings is 1. The Morgan fingerprint density at radius 2 is 2.05 bits per heavy atom. The third-order valence-corrected chi connectivity index (χ3v) is 5.20. The normalized spacial score (nSPS) is 12.4. The molecule has 1 aromatic carbocycles. The lowest BCUT2D eigenvalue weighted by molar-refractivity contribution is 0.510. The molecule has 0 bridgehead atoms. The highest BCUT2D eigenvalue weighted by Crippen LogP contribution is 2.16. The third-order valence-electron chi connectivity index (χ3n) is 3.01. The van der Waals surface area contributed by atoms with Crippen LogP contribution in [0.25, 0.3) is 11.1 Å². The zero-order valence-corrected chi connectivity index (χ0v) is 11.6. The molecule has 0 saturated heterocycles. The zero-order valence-electron chi connectivity index (χ0n) is 10.8. The van der Waals surface area contributed by atoms with Crippen LogP contribution in [0.2, 0.25) is 0 Å². The van der Waals surface area contributed by atoms with Gasteiger partial charge in [-0.2, -0.15) is 0 Å². The molecule has 2 aromatic rings. The van der Waals surface area contributed by atoms with Gasteiger partial charge in [-0.05, 0) is 26.0 Å². The lowest BCUT2D eigenvalue weighted by Gasteiger charge is -2.07. The number of hydrogen-bond donors (Lipinski definition) is 1. The quantitative estimate of drug-likeness (QED) is 0.845. The molecule has 19 heavy (non-hydrogen) atoms. The van der Waals surface area contributed by atoms with Crippen LogP contribution in [-0.2, 0) is 16.4 Å². The predicted molar refractivity (Wildman–Crippen MR) is 73.8 cm³/mol. The van der Waals surface area contributed by atoms with E-state index in [2.05, 4.69) is 0 Å². The number of nitrogens with zero attached hydrogens (tertiary/aromatic N) is 1. The Hall–Kier alpha value is -1.76. The van der Waals surface area contributed by atoms with E-state index in [1.165, 1.54) is 4.57 Å². The number of anilines is 1. The Kier molecular flexibility index (Phi) is 3.40. The van der Waals surface area contributed by atoms with Crippen LogP contribution in [0.4, 0.5) is 5.69 Å². The molecule has 0 aliphatic heterocycles. The molecule has 1 aromatic heterocycles. The molecule has 0 amide bonds. The second kappa shape index (κ2) is 4.73. The van der Waals surface area contributed by atoms with E-state index in [1.807, 2.05) is 0 Å². The first-order valence-corrected chi connectivity index (χ1v) is 7.63. The Bertz CT molecular complexity index is 756. The molecule has 0 spiro atoms. The number of aryl methyl sites for hydroxylation is 1. The number of sulfone groups is 1. The van der Waals surface area contributed by atoms with E-state index < -0.39 is 20.8 Å². The highest BCUT2D eigenvalue weighted by Gasteiger charge is 2.18. The summed E-state index contributed by atoms with van der Waals surface area (Å²) < 4.78 is 29.9. The predicted octanol–water partition coefficient (Wildman–Crippen LogP) is 1.000. The van der Waals surface area contributed by atoms with E-state index in [4.69, 9.17) is 10.2 Å². The van der Waals surface area contributed by atoms with Crippen molar-refractivity contribution in [2.45, 2.75) is 25.6 Å². The average Bonchev–Trinajstić information content (AvgIpc) is 2.61. The van der Waals surface area contributed by atoms with Gasteiger partial charge in [0.05, 0.1) is 16.5 Å². The van der Waals surface area contributed by atoms with Gasteiger partial charge in [-0.1, -0.05) is 0 Å². The number of nitrogens with two attached hydrogens (primary N) is 1. The van der Waals surface area contributed by atoms with Gasteiger partial charge in [-0.25, -0.2) is 13.2 Å². The van der Waals surface area contributed by atoms with Gasteiger partial charge >= 0.3 is 5.76 Å². The van der Waals surface area contributed by atoms with Crippen molar-refractivity contribution in [1.82, 2.24) is 4.57 Å². The molecule has 7 heteroatoms. The van der Waals surface area contributed by atoms with Gasteiger partial charge in [-0.15, -0.1) is 0 Å². The molecule has 2 rings (SSSR count). The van der Waals surface area contributed by atoms with Gasteiger partial charge in [0.2, 0.25) is 0 Å². The number of oxazole rings is 1. The largest absolute Gasteiger partial charge is 0.419 e. The van der Waals surface area contributed by atoms with Gasteiger partial charge in [0.25, 0.3) is 0 Å². The average molecular weight is 284 g/mol. The summed E-state index contributed by atoms with van der Waals surface area (Å²) >= 11 is 0. The monoisotopic (exact) mass is 284 g/mol.